The van der Waals surface area contributed by atoms with Crippen LogP contribution in [0.2, 0.25) is 0 Å². The summed E-state index contributed by atoms with van der Waals surface area (Å²) in [6.07, 6.45) is 1.42. The van der Waals surface area contributed by atoms with Crippen molar-refractivity contribution in [3.05, 3.63) is 45.2 Å². The molecule has 7 nitrogen and oxygen atoms in total. The zero-order valence-corrected chi connectivity index (χ0v) is 15.1. The van der Waals surface area contributed by atoms with Gasteiger partial charge in [0.1, 0.15) is 11.6 Å². The zero-order chi connectivity index (χ0) is 18.7. The third kappa shape index (κ3) is 3.88. The van der Waals surface area contributed by atoms with Crippen molar-refractivity contribution in [1.82, 2.24) is 9.97 Å². The quantitative estimate of drug-likeness (QED) is 0.360. The average molecular weight is 384 g/mol. The van der Waals surface area contributed by atoms with Gasteiger partial charge in [0, 0.05) is 16.3 Å². The van der Waals surface area contributed by atoms with Crippen molar-refractivity contribution >= 4 is 39.8 Å². The van der Waals surface area contributed by atoms with E-state index in [0.29, 0.717) is 22.1 Å². The number of phenols is 2. The Morgan fingerprint density at radius 1 is 1.23 bits per heavy atom. The van der Waals surface area contributed by atoms with Gasteiger partial charge in [-0.2, -0.15) is 5.26 Å². The number of amides is 1. The first-order valence-electron chi connectivity index (χ1n) is 7.29. The van der Waals surface area contributed by atoms with Gasteiger partial charge in [0.15, 0.2) is 16.6 Å². The molecule has 0 aliphatic heterocycles. The topological polar surface area (TPSA) is 119 Å². The smallest absolute Gasteiger partial charge is 0.268 e. The Labute approximate surface area is 156 Å². The lowest BCUT2D eigenvalue weighted by molar-refractivity contribution is -0.112. The second-order valence-corrected chi connectivity index (χ2v) is 7.08. The number of hydrogen-bond donors (Lipinski definition) is 3. The summed E-state index contributed by atoms with van der Waals surface area (Å²) >= 11 is 2.61. The minimum Gasteiger partial charge on any atom is -0.504 e. The summed E-state index contributed by atoms with van der Waals surface area (Å²) in [5, 5.41) is 35.3. The standard InChI is InChI=1S/C17H12N4O3S2/c1-9-19-12(7-25-9)4-11(6-18)16(24)21-17-20-13(8-26-17)10-2-3-14(22)15(23)5-10/h2-5,7-8,22-23H,1H3,(H,20,21,24)/b11-4+. The van der Waals surface area contributed by atoms with Gasteiger partial charge in [-0.15, -0.1) is 22.7 Å². The number of nitrogens with one attached hydrogen (secondary N) is 1. The van der Waals surface area contributed by atoms with Gasteiger partial charge in [-0.25, -0.2) is 9.97 Å². The third-order valence-corrected chi connectivity index (χ3v) is 4.84. The lowest BCUT2D eigenvalue weighted by Crippen LogP contribution is -2.13. The number of aryl methyl sites for hydroxylation is 1. The number of phenolic OH excluding ortho intramolecular Hbond substituents is 2. The maximum absolute atomic E-state index is 12.3. The van der Waals surface area contributed by atoms with Crippen LogP contribution in [0.15, 0.2) is 34.5 Å². The number of benzene rings is 1. The normalized spacial score (nSPS) is 11.2. The fourth-order valence-electron chi connectivity index (χ4n) is 2.05. The Kier molecular flexibility index (Phi) is 4.97. The zero-order valence-electron chi connectivity index (χ0n) is 13.4. The summed E-state index contributed by atoms with van der Waals surface area (Å²) in [5.74, 6) is -1.06. The lowest BCUT2D eigenvalue weighted by atomic mass is 10.1. The van der Waals surface area contributed by atoms with Crippen LogP contribution in [0.25, 0.3) is 17.3 Å². The minimum atomic E-state index is -0.576. The van der Waals surface area contributed by atoms with Crippen LogP contribution in [0.4, 0.5) is 5.13 Å². The molecule has 0 fully saturated rings. The van der Waals surface area contributed by atoms with E-state index in [4.69, 9.17) is 0 Å². The van der Waals surface area contributed by atoms with Crippen molar-refractivity contribution in [3.8, 4) is 28.8 Å². The van der Waals surface area contributed by atoms with Crippen molar-refractivity contribution in [2.24, 2.45) is 0 Å². The summed E-state index contributed by atoms with van der Waals surface area (Å²) < 4.78 is 0. The minimum absolute atomic E-state index is 0.0747. The van der Waals surface area contributed by atoms with Gasteiger partial charge >= 0.3 is 0 Å². The predicted molar refractivity (Wildman–Crippen MR) is 100.0 cm³/mol. The summed E-state index contributed by atoms with van der Waals surface area (Å²) in [5.41, 5.74) is 1.59. The van der Waals surface area contributed by atoms with Crippen LogP contribution in [0.3, 0.4) is 0 Å². The van der Waals surface area contributed by atoms with E-state index >= 15 is 0 Å². The number of rotatable bonds is 4. The summed E-state index contributed by atoms with van der Waals surface area (Å²) in [7, 11) is 0. The molecule has 0 unspecified atom stereocenters. The molecule has 2 aromatic heterocycles. The molecular weight excluding hydrogens is 372 g/mol. The molecule has 0 radical (unpaired) electrons. The monoisotopic (exact) mass is 384 g/mol. The molecule has 3 rings (SSSR count). The van der Waals surface area contributed by atoms with E-state index in [1.54, 1.807) is 16.8 Å². The van der Waals surface area contributed by atoms with Crippen molar-refractivity contribution < 1.29 is 15.0 Å². The largest absolute Gasteiger partial charge is 0.504 e. The van der Waals surface area contributed by atoms with E-state index < -0.39 is 5.91 Å². The Morgan fingerprint density at radius 3 is 2.69 bits per heavy atom. The summed E-state index contributed by atoms with van der Waals surface area (Å²) in [4.78, 5) is 20.7. The van der Waals surface area contributed by atoms with E-state index in [9.17, 15) is 20.3 Å². The highest BCUT2D eigenvalue weighted by Gasteiger charge is 2.14. The Hall–Kier alpha value is -3.22. The molecule has 26 heavy (non-hydrogen) atoms. The second kappa shape index (κ2) is 7.35. The number of nitriles is 1. The van der Waals surface area contributed by atoms with E-state index in [1.165, 1.54) is 40.9 Å². The molecule has 0 saturated heterocycles. The molecule has 0 aliphatic rings. The van der Waals surface area contributed by atoms with E-state index in [0.717, 1.165) is 5.01 Å². The number of thiazole rings is 2. The van der Waals surface area contributed by atoms with Crippen LogP contribution in [0.5, 0.6) is 11.5 Å². The molecule has 0 bridgehead atoms. The molecule has 0 spiro atoms. The number of nitrogens with zero attached hydrogens (tertiary/aromatic N) is 3. The fourth-order valence-corrected chi connectivity index (χ4v) is 3.34. The number of hydrogen-bond acceptors (Lipinski definition) is 8. The Bertz CT molecular complexity index is 1050. The molecule has 3 N–H and O–H groups in total. The summed E-state index contributed by atoms with van der Waals surface area (Å²) in [6.45, 7) is 1.84. The van der Waals surface area contributed by atoms with Gasteiger partial charge in [0.05, 0.1) is 16.4 Å². The molecule has 3 aromatic rings. The number of carbonyl (C=O) groups excluding carboxylic acids is 1. The number of carbonyl (C=O) groups is 1. The van der Waals surface area contributed by atoms with Crippen LogP contribution in [0.1, 0.15) is 10.7 Å². The van der Waals surface area contributed by atoms with Gasteiger partial charge in [0.2, 0.25) is 0 Å². The second-order valence-electron chi connectivity index (χ2n) is 5.16. The molecular formula is C17H12N4O3S2. The number of anilines is 1. The van der Waals surface area contributed by atoms with E-state index in [2.05, 4.69) is 15.3 Å². The van der Waals surface area contributed by atoms with Crippen LogP contribution in [0, 0.1) is 18.3 Å². The Morgan fingerprint density at radius 2 is 2.04 bits per heavy atom. The average Bonchev–Trinajstić information content (AvgIpc) is 3.24. The number of aromatic nitrogens is 2. The van der Waals surface area contributed by atoms with Gasteiger partial charge in [-0.1, -0.05) is 0 Å². The van der Waals surface area contributed by atoms with E-state index in [1.807, 2.05) is 13.0 Å². The lowest BCUT2D eigenvalue weighted by Gasteiger charge is -2.01. The van der Waals surface area contributed by atoms with Crippen LogP contribution in [-0.4, -0.2) is 26.1 Å². The van der Waals surface area contributed by atoms with Gasteiger partial charge in [-0.3, -0.25) is 10.1 Å². The van der Waals surface area contributed by atoms with Crippen molar-refractivity contribution in [2.45, 2.75) is 6.92 Å². The Balaban J connectivity index is 1.77. The highest BCUT2D eigenvalue weighted by atomic mass is 32.1. The van der Waals surface area contributed by atoms with Gasteiger partial charge < -0.3 is 10.2 Å². The van der Waals surface area contributed by atoms with Crippen LogP contribution < -0.4 is 5.32 Å². The molecule has 0 atom stereocenters. The van der Waals surface area contributed by atoms with Crippen molar-refractivity contribution in [2.75, 3.05) is 5.32 Å². The first-order valence-corrected chi connectivity index (χ1v) is 9.05. The molecule has 2 heterocycles. The van der Waals surface area contributed by atoms with E-state index in [-0.39, 0.29) is 17.1 Å². The van der Waals surface area contributed by atoms with Gasteiger partial charge in [0.25, 0.3) is 5.91 Å². The first-order chi connectivity index (χ1) is 12.5. The molecule has 0 aliphatic carbocycles. The highest BCUT2D eigenvalue weighted by molar-refractivity contribution is 7.14. The number of aromatic hydroxyl groups is 2. The SMILES string of the molecule is Cc1nc(/C=C(\C#N)C(=O)Nc2nc(-c3ccc(O)c(O)c3)cs2)cs1. The molecule has 1 amide bonds. The van der Waals surface area contributed by atoms with Crippen LogP contribution >= 0.6 is 22.7 Å². The van der Waals surface area contributed by atoms with Crippen LogP contribution in [-0.2, 0) is 4.79 Å². The third-order valence-electron chi connectivity index (χ3n) is 3.29. The molecule has 0 saturated carbocycles. The van der Waals surface area contributed by atoms with Crippen molar-refractivity contribution in [3.63, 3.8) is 0 Å². The molecule has 130 valence electrons. The fraction of sp³-hybridized carbons (Fsp3) is 0.0588. The maximum atomic E-state index is 12.3. The molecule has 9 heteroatoms. The summed E-state index contributed by atoms with van der Waals surface area (Å²) in [6, 6.07) is 6.19. The molecule has 1 aromatic carbocycles. The highest BCUT2D eigenvalue weighted by Crippen LogP contribution is 2.32. The predicted octanol–water partition coefficient (Wildman–Crippen LogP) is 3.53. The van der Waals surface area contributed by atoms with Gasteiger partial charge in [-0.05, 0) is 31.2 Å². The maximum Gasteiger partial charge on any atom is 0.268 e. The first kappa shape index (κ1) is 17.6. The van der Waals surface area contributed by atoms with Crippen molar-refractivity contribution in [1.29, 1.82) is 5.26 Å².